The number of amides is 1. The highest BCUT2D eigenvalue weighted by Gasteiger charge is 2.23. The van der Waals surface area contributed by atoms with Crippen molar-refractivity contribution in [3.05, 3.63) is 83.4 Å². The first-order chi connectivity index (χ1) is 13.6. The molecule has 0 aliphatic carbocycles. The lowest BCUT2D eigenvalue weighted by Crippen LogP contribution is -2.13. The fraction of sp³-hybridized carbons (Fsp3) is 0.125. The maximum atomic E-state index is 13.3. The molecule has 1 heterocycles. The second-order valence-corrected chi connectivity index (χ2v) is 6.81. The first-order valence-corrected chi connectivity index (χ1v) is 9.11. The lowest BCUT2D eigenvalue weighted by Gasteiger charge is -2.10. The molecule has 4 nitrogen and oxygen atoms in total. The summed E-state index contributed by atoms with van der Waals surface area (Å²) in [5.74, 6) is 1.01. The molecule has 1 N–H and O–H groups in total. The number of aryl methyl sites for hydroxylation is 2. The van der Waals surface area contributed by atoms with Gasteiger partial charge in [-0.2, -0.15) is 0 Å². The van der Waals surface area contributed by atoms with Gasteiger partial charge in [-0.1, -0.05) is 48.0 Å². The maximum Gasteiger partial charge on any atom is 0.260 e. The molecule has 0 aliphatic rings. The van der Waals surface area contributed by atoms with Gasteiger partial charge < -0.3 is 14.5 Å². The summed E-state index contributed by atoms with van der Waals surface area (Å²) in [4.78, 5) is 13.3. The van der Waals surface area contributed by atoms with Crippen molar-refractivity contribution in [3.63, 3.8) is 0 Å². The Hall–Kier alpha value is -3.53. The molecule has 140 valence electrons. The zero-order valence-electron chi connectivity index (χ0n) is 16.1. The highest BCUT2D eigenvalue weighted by molar-refractivity contribution is 6.16. The summed E-state index contributed by atoms with van der Waals surface area (Å²) in [7, 11) is 1.61. The summed E-state index contributed by atoms with van der Waals surface area (Å²) in [6.07, 6.45) is 0. The molecule has 4 heteroatoms. The minimum absolute atomic E-state index is 0.210. The van der Waals surface area contributed by atoms with Gasteiger partial charge in [0.05, 0.1) is 12.7 Å². The van der Waals surface area contributed by atoms with Crippen LogP contribution in [0.5, 0.6) is 5.75 Å². The number of methoxy groups -OCH3 is 1. The molecule has 0 spiro atoms. The van der Waals surface area contributed by atoms with Gasteiger partial charge in [0.2, 0.25) is 0 Å². The first-order valence-electron chi connectivity index (χ1n) is 9.11. The maximum absolute atomic E-state index is 13.3. The first kappa shape index (κ1) is 17.9. The third kappa shape index (κ3) is 3.25. The summed E-state index contributed by atoms with van der Waals surface area (Å²) >= 11 is 0. The van der Waals surface area contributed by atoms with E-state index in [1.165, 1.54) is 0 Å². The number of benzene rings is 3. The minimum Gasteiger partial charge on any atom is -0.497 e. The second kappa shape index (κ2) is 7.24. The zero-order chi connectivity index (χ0) is 19.7. The van der Waals surface area contributed by atoms with Gasteiger partial charge in [0.15, 0.2) is 0 Å². The normalized spacial score (nSPS) is 10.8. The van der Waals surface area contributed by atoms with E-state index in [2.05, 4.69) is 5.32 Å². The van der Waals surface area contributed by atoms with E-state index in [1.54, 1.807) is 7.11 Å². The fourth-order valence-corrected chi connectivity index (χ4v) is 3.36. The number of ether oxygens (including phenoxy) is 1. The van der Waals surface area contributed by atoms with Crippen molar-refractivity contribution in [1.82, 2.24) is 0 Å². The summed E-state index contributed by atoms with van der Waals surface area (Å²) in [5.41, 5.74) is 4.94. The van der Waals surface area contributed by atoms with Crippen molar-refractivity contribution < 1.29 is 13.9 Å². The molecule has 28 heavy (non-hydrogen) atoms. The van der Waals surface area contributed by atoms with E-state index in [9.17, 15) is 4.79 Å². The quantitative estimate of drug-likeness (QED) is 0.480. The SMILES string of the molecule is COc1ccc2oc(-c3ccccc3)c(C(=O)Nc3ccc(C)cc3C)c2c1. The molecule has 0 bridgehead atoms. The van der Waals surface area contributed by atoms with E-state index >= 15 is 0 Å². The monoisotopic (exact) mass is 371 g/mol. The Morgan fingerprint density at radius 2 is 1.75 bits per heavy atom. The summed E-state index contributed by atoms with van der Waals surface area (Å²) in [6, 6.07) is 21.1. The van der Waals surface area contributed by atoms with E-state index in [0.29, 0.717) is 22.7 Å². The lowest BCUT2D eigenvalue weighted by atomic mass is 10.0. The van der Waals surface area contributed by atoms with Crippen LogP contribution in [0, 0.1) is 13.8 Å². The Morgan fingerprint density at radius 1 is 0.964 bits per heavy atom. The van der Waals surface area contributed by atoms with Gasteiger partial charge >= 0.3 is 0 Å². The Kier molecular flexibility index (Phi) is 4.62. The van der Waals surface area contributed by atoms with E-state index in [4.69, 9.17) is 9.15 Å². The van der Waals surface area contributed by atoms with Gasteiger partial charge in [0.25, 0.3) is 5.91 Å². The standard InChI is InChI=1S/C24H21NO3/c1-15-9-11-20(16(2)13-15)25-24(26)22-19-14-18(27-3)10-12-21(19)28-23(22)17-7-5-4-6-8-17/h4-14H,1-3H3,(H,25,26). The minimum atomic E-state index is -0.210. The highest BCUT2D eigenvalue weighted by Crippen LogP contribution is 2.36. The molecule has 0 aliphatic heterocycles. The van der Waals surface area contributed by atoms with Gasteiger partial charge in [0.1, 0.15) is 17.1 Å². The Morgan fingerprint density at radius 3 is 2.46 bits per heavy atom. The van der Waals surface area contributed by atoms with Crippen molar-refractivity contribution in [2.75, 3.05) is 12.4 Å². The Bertz CT molecular complexity index is 1160. The van der Waals surface area contributed by atoms with Crippen molar-refractivity contribution in [3.8, 4) is 17.1 Å². The number of fused-ring (bicyclic) bond motifs is 1. The molecule has 0 saturated heterocycles. The van der Waals surface area contributed by atoms with E-state index < -0.39 is 0 Å². The van der Waals surface area contributed by atoms with Gasteiger partial charge in [-0.25, -0.2) is 0 Å². The molecule has 0 radical (unpaired) electrons. The van der Waals surface area contributed by atoms with E-state index in [0.717, 1.165) is 27.8 Å². The summed E-state index contributed by atoms with van der Waals surface area (Å²) in [5, 5.41) is 3.76. The third-order valence-corrected chi connectivity index (χ3v) is 4.79. The largest absolute Gasteiger partial charge is 0.497 e. The Labute approximate surface area is 163 Å². The number of furan rings is 1. The summed E-state index contributed by atoms with van der Waals surface area (Å²) in [6.45, 7) is 4.01. The number of nitrogens with one attached hydrogen (secondary N) is 1. The van der Waals surface area contributed by atoms with Crippen LogP contribution in [0.25, 0.3) is 22.3 Å². The van der Waals surface area contributed by atoms with Crippen molar-refractivity contribution in [2.24, 2.45) is 0 Å². The smallest absolute Gasteiger partial charge is 0.260 e. The predicted octanol–water partition coefficient (Wildman–Crippen LogP) is 5.98. The van der Waals surface area contributed by atoms with Crippen LogP contribution in [-0.2, 0) is 0 Å². The fourth-order valence-electron chi connectivity index (χ4n) is 3.36. The van der Waals surface area contributed by atoms with Crippen LogP contribution in [0.1, 0.15) is 21.5 Å². The highest BCUT2D eigenvalue weighted by atomic mass is 16.5. The van der Waals surface area contributed by atoms with Crippen LogP contribution in [0.4, 0.5) is 5.69 Å². The number of rotatable bonds is 4. The van der Waals surface area contributed by atoms with Crippen LogP contribution in [-0.4, -0.2) is 13.0 Å². The Balaban J connectivity index is 1.86. The molecule has 4 rings (SSSR count). The number of hydrogen-bond acceptors (Lipinski definition) is 3. The van der Waals surface area contributed by atoms with Gasteiger partial charge in [-0.05, 0) is 43.7 Å². The molecule has 1 amide bonds. The zero-order valence-corrected chi connectivity index (χ0v) is 16.1. The number of carbonyl (C=O) groups excluding carboxylic acids is 1. The number of anilines is 1. The molecule has 0 saturated carbocycles. The average Bonchev–Trinajstić information content (AvgIpc) is 3.09. The predicted molar refractivity (Wildman–Crippen MR) is 112 cm³/mol. The molecule has 0 unspecified atom stereocenters. The number of hydrogen-bond donors (Lipinski definition) is 1. The molecule has 1 aromatic heterocycles. The molecule has 0 fully saturated rings. The molecule has 4 aromatic rings. The van der Waals surface area contributed by atoms with Gasteiger partial charge in [-0.15, -0.1) is 0 Å². The van der Waals surface area contributed by atoms with Crippen LogP contribution in [0.3, 0.4) is 0 Å². The third-order valence-electron chi connectivity index (χ3n) is 4.79. The van der Waals surface area contributed by atoms with Crippen LogP contribution in [0.2, 0.25) is 0 Å². The second-order valence-electron chi connectivity index (χ2n) is 6.81. The van der Waals surface area contributed by atoms with Crippen molar-refractivity contribution in [1.29, 1.82) is 0 Å². The van der Waals surface area contributed by atoms with E-state index in [-0.39, 0.29) is 5.91 Å². The molecule has 0 atom stereocenters. The van der Waals surface area contributed by atoms with Crippen LogP contribution < -0.4 is 10.1 Å². The topological polar surface area (TPSA) is 51.5 Å². The lowest BCUT2D eigenvalue weighted by molar-refractivity contribution is 0.102. The van der Waals surface area contributed by atoms with Crippen molar-refractivity contribution in [2.45, 2.75) is 13.8 Å². The van der Waals surface area contributed by atoms with Gasteiger partial charge in [-0.3, -0.25) is 4.79 Å². The van der Waals surface area contributed by atoms with Crippen molar-refractivity contribution >= 4 is 22.6 Å². The number of carbonyl (C=O) groups is 1. The molecular formula is C24H21NO3. The van der Waals surface area contributed by atoms with E-state index in [1.807, 2.05) is 80.6 Å². The van der Waals surface area contributed by atoms with Gasteiger partial charge in [0, 0.05) is 16.6 Å². The van der Waals surface area contributed by atoms with Crippen LogP contribution >= 0.6 is 0 Å². The molecular weight excluding hydrogens is 350 g/mol. The van der Waals surface area contributed by atoms with Crippen LogP contribution in [0.15, 0.2) is 71.1 Å². The summed E-state index contributed by atoms with van der Waals surface area (Å²) < 4.78 is 11.4. The average molecular weight is 371 g/mol. The molecule has 3 aromatic carbocycles.